The van der Waals surface area contributed by atoms with Crippen molar-refractivity contribution < 1.29 is 5.11 Å². The van der Waals surface area contributed by atoms with Crippen LogP contribution < -0.4 is 0 Å². The Labute approximate surface area is 116 Å². The van der Waals surface area contributed by atoms with Crippen molar-refractivity contribution in [3.05, 3.63) is 63.4 Å². The van der Waals surface area contributed by atoms with Crippen molar-refractivity contribution in [1.29, 1.82) is 0 Å². The largest absolute Gasteiger partial charge is 0.388 e. The third-order valence-electron chi connectivity index (χ3n) is 2.94. The van der Waals surface area contributed by atoms with Crippen LogP contribution in [0.25, 0.3) is 0 Å². The molecule has 2 aromatic rings. The van der Waals surface area contributed by atoms with Gasteiger partial charge in [0.05, 0.1) is 6.10 Å². The maximum atomic E-state index is 10.3. The maximum Gasteiger partial charge on any atom is 0.0847 e. The van der Waals surface area contributed by atoms with Gasteiger partial charge in [0.1, 0.15) is 0 Å². The van der Waals surface area contributed by atoms with E-state index in [9.17, 15) is 5.11 Å². The number of aromatic nitrogens is 1. The molecule has 1 aromatic carbocycles. The second kappa shape index (κ2) is 5.63. The topological polar surface area (TPSA) is 33.1 Å². The second-order valence-electron chi connectivity index (χ2n) is 4.48. The van der Waals surface area contributed by atoms with Crippen molar-refractivity contribution in [3.8, 4) is 0 Å². The standard InChI is InChI=1S/C15H16BrNO/c1-10-6-7-14(11(2)17-10)15(18)9-12-4-3-5-13(16)8-12/h3-8,15,18H,9H2,1-2H3. The molecule has 0 fully saturated rings. The highest BCUT2D eigenvalue weighted by Crippen LogP contribution is 2.22. The summed E-state index contributed by atoms with van der Waals surface area (Å²) >= 11 is 3.44. The van der Waals surface area contributed by atoms with E-state index < -0.39 is 6.10 Å². The van der Waals surface area contributed by atoms with Gasteiger partial charge in [-0.25, -0.2) is 0 Å². The van der Waals surface area contributed by atoms with E-state index in [1.807, 2.05) is 50.2 Å². The van der Waals surface area contributed by atoms with Crippen LogP contribution in [0.2, 0.25) is 0 Å². The smallest absolute Gasteiger partial charge is 0.0847 e. The monoisotopic (exact) mass is 305 g/mol. The molecule has 0 bridgehead atoms. The zero-order valence-corrected chi connectivity index (χ0v) is 12.1. The summed E-state index contributed by atoms with van der Waals surface area (Å²) in [6.07, 6.45) is 0.0952. The number of halogens is 1. The molecule has 1 N–H and O–H groups in total. The lowest BCUT2D eigenvalue weighted by Gasteiger charge is -2.14. The predicted octanol–water partition coefficient (Wildman–Crippen LogP) is 3.74. The highest BCUT2D eigenvalue weighted by molar-refractivity contribution is 9.10. The van der Waals surface area contributed by atoms with Crippen LogP contribution in [0.5, 0.6) is 0 Å². The van der Waals surface area contributed by atoms with Gasteiger partial charge in [-0.3, -0.25) is 4.98 Å². The van der Waals surface area contributed by atoms with Crippen molar-refractivity contribution >= 4 is 15.9 Å². The molecule has 0 aliphatic heterocycles. The number of rotatable bonds is 3. The van der Waals surface area contributed by atoms with E-state index in [0.717, 1.165) is 27.0 Å². The van der Waals surface area contributed by atoms with Gasteiger partial charge in [-0.15, -0.1) is 0 Å². The Kier molecular flexibility index (Phi) is 4.15. The molecule has 1 heterocycles. The van der Waals surface area contributed by atoms with Crippen molar-refractivity contribution in [2.45, 2.75) is 26.4 Å². The van der Waals surface area contributed by atoms with Crippen LogP contribution in [0.1, 0.15) is 28.6 Å². The van der Waals surface area contributed by atoms with E-state index in [1.165, 1.54) is 0 Å². The van der Waals surface area contributed by atoms with E-state index in [4.69, 9.17) is 0 Å². The molecule has 18 heavy (non-hydrogen) atoms. The lowest BCUT2D eigenvalue weighted by Crippen LogP contribution is -2.05. The van der Waals surface area contributed by atoms with Gasteiger partial charge in [0.15, 0.2) is 0 Å². The normalized spacial score (nSPS) is 12.4. The summed E-state index contributed by atoms with van der Waals surface area (Å²) in [5, 5.41) is 10.3. The highest BCUT2D eigenvalue weighted by Gasteiger charge is 2.12. The van der Waals surface area contributed by atoms with Crippen molar-refractivity contribution in [3.63, 3.8) is 0 Å². The van der Waals surface area contributed by atoms with Crippen molar-refractivity contribution in [2.24, 2.45) is 0 Å². The molecule has 0 amide bonds. The molecule has 1 unspecified atom stereocenters. The minimum Gasteiger partial charge on any atom is -0.388 e. The zero-order chi connectivity index (χ0) is 13.1. The summed E-state index contributed by atoms with van der Waals surface area (Å²) in [5.41, 5.74) is 3.89. The van der Waals surface area contributed by atoms with Gasteiger partial charge in [-0.2, -0.15) is 0 Å². The first-order valence-corrected chi connectivity index (χ1v) is 6.72. The van der Waals surface area contributed by atoms with E-state index in [1.54, 1.807) is 0 Å². The summed E-state index contributed by atoms with van der Waals surface area (Å²) in [6.45, 7) is 3.89. The molecule has 1 aromatic heterocycles. The first-order valence-electron chi connectivity index (χ1n) is 5.93. The fourth-order valence-corrected chi connectivity index (χ4v) is 2.49. The quantitative estimate of drug-likeness (QED) is 0.937. The number of aliphatic hydroxyl groups is 1. The predicted molar refractivity (Wildman–Crippen MR) is 76.5 cm³/mol. The number of hydrogen-bond donors (Lipinski definition) is 1. The molecular weight excluding hydrogens is 290 g/mol. The van der Waals surface area contributed by atoms with Crippen LogP contribution in [0.15, 0.2) is 40.9 Å². The number of aliphatic hydroxyl groups excluding tert-OH is 1. The Morgan fingerprint density at radius 3 is 2.67 bits per heavy atom. The molecule has 0 spiro atoms. The average Bonchev–Trinajstić information content (AvgIpc) is 2.28. The zero-order valence-electron chi connectivity index (χ0n) is 10.5. The molecule has 2 nitrogen and oxygen atoms in total. The van der Waals surface area contributed by atoms with Gasteiger partial charge < -0.3 is 5.11 Å². The Morgan fingerprint density at radius 1 is 1.22 bits per heavy atom. The Morgan fingerprint density at radius 2 is 2.00 bits per heavy atom. The molecule has 94 valence electrons. The summed E-state index contributed by atoms with van der Waals surface area (Å²) < 4.78 is 1.03. The van der Waals surface area contributed by atoms with Crippen molar-refractivity contribution in [2.75, 3.05) is 0 Å². The number of benzene rings is 1. The van der Waals surface area contributed by atoms with Crippen LogP contribution in [0.4, 0.5) is 0 Å². The van der Waals surface area contributed by atoms with Gasteiger partial charge in [-0.05, 0) is 37.6 Å². The van der Waals surface area contributed by atoms with Gasteiger partial charge in [-0.1, -0.05) is 34.1 Å². The fraction of sp³-hybridized carbons (Fsp3) is 0.267. The minimum absolute atomic E-state index is 0.507. The second-order valence-corrected chi connectivity index (χ2v) is 5.39. The van der Waals surface area contributed by atoms with E-state index in [2.05, 4.69) is 20.9 Å². The summed E-state index contributed by atoms with van der Waals surface area (Å²) in [6, 6.07) is 11.9. The average molecular weight is 306 g/mol. The number of nitrogens with zero attached hydrogens (tertiary/aromatic N) is 1. The first-order chi connectivity index (χ1) is 8.56. The number of pyridine rings is 1. The Hall–Kier alpha value is -1.19. The number of aryl methyl sites for hydroxylation is 2. The highest BCUT2D eigenvalue weighted by atomic mass is 79.9. The number of hydrogen-bond acceptors (Lipinski definition) is 2. The minimum atomic E-state index is -0.507. The molecule has 0 radical (unpaired) electrons. The molecule has 0 saturated carbocycles. The molecule has 0 aliphatic carbocycles. The van der Waals surface area contributed by atoms with Crippen LogP contribution in [-0.4, -0.2) is 10.1 Å². The van der Waals surface area contributed by atoms with E-state index in [0.29, 0.717) is 6.42 Å². The Balaban J connectivity index is 2.19. The Bertz CT molecular complexity index is 554. The first kappa shape index (κ1) is 13.2. The van der Waals surface area contributed by atoms with E-state index >= 15 is 0 Å². The van der Waals surface area contributed by atoms with E-state index in [-0.39, 0.29) is 0 Å². The lowest BCUT2D eigenvalue weighted by molar-refractivity contribution is 0.177. The molecule has 1 atom stereocenters. The van der Waals surface area contributed by atoms with Gasteiger partial charge in [0.25, 0.3) is 0 Å². The fourth-order valence-electron chi connectivity index (χ4n) is 2.05. The lowest BCUT2D eigenvalue weighted by atomic mass is 10.0. The van der Waals surface area contributed by atoms with Crippen LogP contribution in [0, 0.1) is 13.8 Å². The summed E-state index contributed by atoms with van der Waals surface area (Å²) in [4.78, 5) is 4.38. The van der Waals surface area contributed by atoms with Crippen LogP contribution in [-0.2, 0) is 6.42 Å². The molecule has 0 saturated heterocycles. The van der Waals surface area contributed by atoms with Crippen LogP contribution in [0.3, 0.4) is 0 Å². The molecule has 0 aliphatic rings. The van der Waals surface area contributed by atoms with Gasteiger partial charge in [0, 0.05) is 27.8 Å². The SMILES string of the molecule is Cc1ccc(C(O)Cc2cccc(Br)c2)c(C)n1. The third kappa shape index (κ3) is 3.18. The third-order valence-corrected chi connectivity index (χ3v) is 3.44. The molecular formula is C15H16BrNO. The molecule has 3 heteroatoms. The van der Waals surface area contributed by atoms with Crippen molar-refractivity contribution in [1.82, 2.24) is 4.98 Å². The maximum absolute atomic E-state index is 10.3. The van der Waals surface area contributed by atoms with Crippen LogP contribution >= 0.6 is 15.9 Å². The summed E-state index contributed by atoms with van der Waals surface area (Å²) in [7, 11) is 0. The molecule has 2 rings (SSSR count). The van der Waals surface area contributed by atoms with Gasteiger partial charge in [0.2, 0.25) is 0 Å². The van der Waals surface area contributed by atoms with Gasteiger partial charge >= 0.3 is 0 Å². The summed E-state index contributed by atoms with van der Waals surface area (Å²) in [5.74, 6) is 0.